The zero-order valence-electron chi connectivity index (χ0n) is 20.3. The number of rotatable bonds is 4. The van der Waals surface area contributed by atoms with Crippen molar-refractivity contribution in [1.29, 1.82) is 0 Å². The van der Waals surface area contributed by atoms with Crippen molar-refractivity contribution in [2.24, 2.45) is 0 Å². The van der Waals surface area contributed by atoms with E-state index in [0.29, 0.717) is 19.1 Å². The SMILES string of the molecule is CN1CCC(N2CCN(C(=O)[C@](C)(NC(=O)OC(C)(C)C)N3CCCCC3)CC2)CC1. The maximum atomic E-state index is 13.7. The molecule has 178 valence electrons. The molecular formula is C23H43N5O3. The highest BCUT2D eigenvalue weighted by Gasteiger charge is 2.45. The molecule has 0 aliphatic carbocycles. The predicted octanol–water partition coefficient (Wildman–Crippen LogP) is 1.95. The predicted molar refractivity (Wildman–Crippen MR) is 122 cm³/mol. The van der Waals surface area contributed by atoms with E-state index in [0.717, 1.165) is 52.1 Å². The summed E-state index contributed by atoms with van der Waals surface area (Å²) < 4.78 is 5.51. The molecule has 0 aromatic heterocycles. The minimum absolute atomic E-state index is 0.0108. The van der Waals surface area contributed by atoms with E-state index in [2.05, 4.69) is 27.1 Å². The van der Waals surface area contributed by atoms with E-state index in [4.69, 9.17) is 4.74 Å². The van der Waals surface area contributed by atoms with Crippen molar-refractivity contribution < 1.29 is 14.3 Å². The van der Waals surface area contributed by atoms with Gasteiger partial charge in [0.05, 0.1) is 0 Å². The summed E-state index contributed by atoms with van der Waals surface area (Å²) in [5.41, 5.74) is -1.67. The molecule has 3 heterocycles. The Labute approximate surface area is 188 Å². The maximum Gasteiger partial charge on any atom is 0.409 e. The van der Waals surface area contributed by atoms with Crippen molar-refractivity contribution in [3.8, 4) is 0 Å². The van der Waals surface area contributed by atoms with Crippen LogP contribution in [-0.2, 0) is 9.53 Å². The molecule has 0 radical (unpaired) electrons. The van der Waals surface area contributed by atoms with Gasteiger partial charge in [0, 0.05) is 45.3 Å². The minimum Gasteiger partial charge on any atom is -0.444 e. The quantitative estimate of drug-likeness (QED) is 0.725. The van der Waals surface area contributed by atoms with Crippen LogP contribution in [0.3, 0.4) is 0 Å². The first-order valence-electron chi connectivity index (χ1n) is 12.1. The summed E-state index contributed by atoms with van der Waals surface area (Å²) in [5, 5.41) is 2.95. The lowest BCUT2D eigenvalue weighted by molar-refractivity contribution is -0.149. The zero-order valence-corrected chi connectivity index (χ0v) is 20.3. The van der Waals surface area contributed by atoms with E-state index in [9.17, 15) is 9.59 Å². The number of piperidine rings is 2. The summed E-state index contributed by atoms with van der Waals surface area (Å²) >= 11 is 0. The largest absolute Gasteiger partial charge is 0.444 e. The Morgan fingerprint density at radius 2 is 1.42 bits per heavy atom. The fourth-order valence-corrected chi connectivity index (χ4v) is 5.07. The van der Waals surface area contributed by atoms with Gasteiger partial charge in [-0.25, -0.2) is 4.79 Å². The number of ether oxygens (including phenoxy) is 1. The van der Waals surface area contributed by atoms with Gasteiger partial charge in [-0.15, -0.1) is 0 Å². The standard InChI is InChI=1S/C23H43N5O3/c1-22(2,3)31-21(30)24-23(4,28-11-7-6-8-12-28)20(29)27-17-15-26(16-18-27)19-9-13-25(5)14-10-19/h19H,6-18H2,1-5H3,(H,24,30)/t23-/m1/s1. The van der Waals surface area contributed by atoms with Gasteiger partial charge in [-0.1, -0.05) is 6.42 Å². The van der Waals surface area contributed by atoms with Gasteiger partial charge in [-0.05, 0) is 73.5 Å². The van der Waals surface area contributed by atoms with E-state index in [1.807, 2.05) is 32.6 Å². The minimum atomic E-state index is -1.07. The molecule has 0 aromatic rings. The lowest BCUT2D eigenvalue weighted by atomic mass is 10.0. The summed E-state index contributed by atoms with van der Waals surface area (Å²) in [4.78, 5) is 35.4. The fourth-order valence-electron chi connectivity index (χ4n) is 5.07. The fraction of sp³-hybridized carbons (Fsp3) is 0.913. The van der Waals surface area contributed by atoms with E-state index in [-0.39, 0.29) is 5.91 Å². The molecule has 3 saturated heterocycles. The number of piperazine rings is 1. The monoisotopic (exact) mass is 437 g/mol. The number of likely N-dealkylation sites (tertiary alicyclic amines) is 2. The topological polar surface area (TPSA) is 68.4 Å². The van der Waals surface area contributed by atoms with Crippen LogP contribution < -0.4 is 5.32 Å². The second-order valence-corrected chi connectivity index (χ2v) is 10.6. The van der Waals surface area contributed by atoms with E-state index in [1.165, 1.54) is 19.3 Å². The molecule has 0 saturated carbocycles. The van der Waals surface area contributed by atoms with Gasteiger partial charge < -0.3 is 14.5 Å². The smallest absolute Gasteiger partial charge is 0.409 e. The third kappa shape index (κ3) is 6.33. The van der Waals surface area contributed by atoms with Crippen molar-refractivity contribution in [3.63, 3.8) is 0 Å². The molecule has 0 unspecified atom stereocenters. The Bertz CT molecular complexity index is 615. The molecule has 3 aliphatic heterocycles. The number of hydrogen-bond donors (Lipinski definition) is 1. The molecule has 3 aliphatic rings. The number of alkyl carbamates (subject to hydrolysis) is 1. The van der Waals surface area contributed by atoms with Gasteiger partial charge in [0.15, 0.2) is 5.66 Å². The molecule has 2 amide bonds. The first kappa shape index (κ1) is 24.3. The lowest BCUT2D eigenvalue weighted by Gasteiger charge is -2.47. The molecule has 1 N–H and O–H groups in total. The van der Waals surface area contributed by atoms with Crippen LogP contribution in [0.2, 0.25) is 0 Å². The molecule has 0 spiro atoms. The van der Waals surface area contributed by atoms with Crippen LogP contribution in [-0.4, -0.2) is 108 Å². The molecule has 3 fully saturated rings. The van der Waals surface area contributed by atoms with E-state index in [1.54, 1.807) is 0 Å². The number of nitrogens with one attached hydrogen (secondary N) is 1. The highest BCUT2D eigenvalue weighted by atomic mass is 16.6. The third-order valence-electron chi connectivity index (χ3n) is 6.96. The Morgan fingerprint density at radius 3 is 1.97 bits per heavy atom. The molecule has 8 heteroatoms. The van der Waals surface area contributed by atoms with Crippen LogP contribution in [0.1, 0.15) is 59.8 Å². The lowest BCUT2D eigenvalue weighted by Crippen LogP contribution is -2.69. The average Bonchev–Trinajstić information content (AvgIpc) is 2.73. The highest BCUT2D eigenvalue weighted by molar-refractivity contribution is 5.89. The Kier molecular flexibility index (Phi) is 7.86. The highest BCUT2D eigenvalue weighted by Crippen LogP contribution is 2.24. The average molecular weight is 438 g/mol. The van der Waals surface area contributed by atoms with E-state index >= 15 is 0 Å². The second-order valence-electron chi connectivity index (χ2n) is 10.6. The number of amides is 2. The Balaban J connectivity index is 1.64. The molecule has 3 rings (SSSR count). The number of carbonyl (C=O) groups is 2. The van der Waals surface area contributed by atoms with Gasteiger partial charge >= 0.3 is 6.09 Å². The number of nitrogens with zero attached hydrogens (tertiary/aromatic N) is 4. The van der Waals surface area contributed by atoms with Crippen LogP contribution in [0.4, 0.5) is 4.79 Å². The summed E-state index contributed by atoms with van der Waals surface area (Å²) in [6.45, 7) is 14.5. The van der Waals surface area contributed by atoms with Gasteiger partial charge in [-0.3, -0.25) is 19.9 Å². The van der Waals surface area contributed by atoms with Gasteiger partial charge in [0.1, 0.15) is 5.60 Å². The Morgan fingerprint density at radius 1 is 0.839 bits per heavy atom. The van der Waals surface area contributed by atoms with Crippen molar-refractivity contribution >= 4 is 12.0 Å². The second kappa shape index (κ2) is 10.0. The third-order valence-corrected chi connectivity index (χ3v) is 6.96. The first-order valence-corrected chi connectivity index (χ1v) is 12.1. The van der Waals surface area contributed by atoms with Crippen molar-refractivity contribution in [2.45, 2.75) is 77.1 Å². The van der Waals surface area contributed by atoms with Crippen molar-refractivity contribution in [2.75, 3.05) is 59.4 Å². The molecule has 31 heavy (non-hydrogen) atoms. The molecule has 0 aromatic carbocycles. The Hall–Kier alpha value is -1.38. The van der Waals surface area contributed by atoms with Crippen LogP contribution in [0.15, 0.2) is 0 Å². The van der Waals surface area contributed by atoms with Crippen LogP contribution in [0, 0.1) is 0 Å². The van der Waals surface area contributed by atoms with Gasteiger partial charge in [0.25, 0.3) is 5.91 Å². The summed E-state index contributed by atoms with van der Waals surface area (Å²) in [6, 6.07) is 0.627. The summed E-state index contributed by atoms with van der Waals surface area (Å²) in [5.74, 6) is -0.0108. The van der Waals surface area contributed by atoms with Crippen LogP contribution in [0.5, 0.6) is 0 Å². The number of carbonyl (C=O) groups excluding carboxylic acids is 2. The first-order chi connectivity index (χ1) is 14.6. The normalized spacial score (nSPS) is 25.1. The zero-order chi connectivity index (χ0) is 22.6. The van der Waals surface area contributed by atoms with Gasteiger partial charge in [0.2, 0.25) is 0 Å². The molecular weight excluding hydrogens is 394 g/mol. The number of hydrogen-bond acceptors (Lipinski definition) is 6. The van der Waals surface area contributed by atoms with Crippen LogP contribution in [0.25, 0.3) is 0 Å². The summed E-state index contributed by atoms with van der Waals surface area (Å²) in [6.07, 6.45) is 5.14. The maximum absolute atomic E-state index is 13.7. The van der Waals surface area contributed by atoms with Gasteiger partial charge in [-0.2, -0.15) is 0 Å². The van der Waals surface area contributed by atoms with Crippen molar-refractivity contribution in [3.05, 3.63) is 0 Å². The molecule has 1 atom stereocenters. The van der Waals surface area contributed by atoms with Crippen molar-refractivity contribution in [1.82, 2.24) is 24.9 Å². The van der Waals surface area contributed by atoms with E-state index < -0.39 is 17.4 Å². The van der Waals surface area contributed by atoms with Crippen LogP contribution >= 0.6 is 0 Å². The molecule has 8 nitrogen and oxygen atoms in total. The molecule has 0 bridgehead atoms. The summed E-state index contributed by atoms with van der Waals surface area (Å²) in [7, 11) is 2.19.